The Labute approximate surface area is 119 Å². The predicted octanol–water partition coefficient (Wildman–Crippen LogP) is 2.15. The summed E-state index contributed by atoms with van der Waals surface area (Å²) in [6, 6.07) is 6.04. The molecule has 1 heterocycles. The highest BCUT2D eigenvalue weighted by molar-refractivity contribution is 7.89. The third-order valence-electron chi connectivity index (χ3n) is 3.65. The van der Waals surface area contributed by atoms with Crippen molar-refractivity contribution in [3.8, 4) is 0 Å². The zero-order valence-electron chi connectivity index (χ0n) is 11.8. The third-order valence-corrected chi connectivity index (χ3v) is 6.14. The van der Waals surface area contributed by atoms with E-state index in [2.05, 4.69) is 0 Å². The Bertz CT molecular complexity index is 561. The van der Waals surface area contributed by atoms with Crippen molar-refractivity contribution in [3.63, 3.8) is 0 Å². The van der Waals surface area contributed by atoms with Crippen LogP contribution in [-0.2, 0) is 21.3 Å². The minimum Gasteiger partial charge on any atom is -0.377 e. The fraction of sp³-hybridized carbons (Fsp3) is 0.571. The summed E-state index contributed by atoms with van der Waals surface area (Å²) in [5, 5.41) is -0.504. The molecular formula is C14H20FNO3S. The molecule has 6 heteroatoms. The van der Waals surface area contributed by atoms with Gasteiger partial charge >= 0.3 is 0 Å². The lowest BCUT2D eigenvalue weighted by Gasteiger charge is -2.25. The fourth-order valence-electron chi connectivity index (χ4n) is 2.52. The second-order valence-corrected chi connectivity index (χ2v) is 7.16. The average molecular weight is 301 g/mol. The lowest BCUT2D eigenvalue weighted by atomic mass is 10.2. The highest BCUT2D eigenvalue weighted by Gasteiger charge is 2.39. The van der Waals surface area contributed by atoms with Crippen LogP contribution in [0.2, 0.25) is 0 Å². The highest BCUT2D eigenvalue weighted by atomic mass is 32.2. The maximum absolute atomic E-state index is 13.2. The summed E-state index contributed by atoms with van der Waals surface area (Å²) in [5.74, 6) is -0.353. The molecule has 0 aliphatic carbocycles. The van der Waals surface area contributed by atoms with E-state index in [1.165, 1.54) is 16.4 Å². The van der Waals surface area contributed by atoms with Crippen molar-refractivity contribution in [2.45, 2.75) is 38.2 Å². The van der Waals surface area contributed by atoms with Gasteiger partial charge in [0.15, 0.2) is 0 Å². The van der Waals surface area contributed by atoms with E-state index in [0.29, 0.717) is 25.1 Å². The standard InChI is InChI=1S/C14H20FNO3S/c1-3-16(10-12-5-4-6-13(15)9-12)20(17,18)14-7-8-19-11(14)2/h4-6,9,11,14H,3,7-8,10H2,1-2H3/t11-,14+/m0/s1. The van der Waals surface area contributed by atoms with Gasteiger partial charge in [-0.3, -0.25) is 0 Å². The van der Waals surface area contributed by atoms with Gasteiger partial charge in [-0.2, -0.15) is 4.31 Å². The maximum Gasteiger partial charge on any atom is 0.219 e. The third kappa shape index (κ3) is 3.19. The molecule has 0 bridgehead atoms. The molecule has 2 atom stereocenters. The smallest absolute Gasteiger partial charge is 0.219 e. The van der Waals surface area contributed by atoms with E-state index in [4.69, 9.17) is 4.74 Å². The molecule has 0 saturated carbocycles. The normalized spacial score (nSPS) is 23.4. The van der Waals surface area contributed by atoms with Crippen molar-refractivity contribution in [2.75, 3.05) is 13.2 Å². The number of hydrogen-bond acceptors (Lipinski definition) is 3. The number of sulfonamides is 1. The molecule has 1 aromatic rings. The van der Waals surface area contributed by atoms with Crippen molar-refractivity contribution in [1.29, 1.82) is 0 Å². The number of ether oxygens (including phenoxy) is 1. The Morgan fingerprint density at radius 1 is 1.45 bits per heavy atom. The van der Waals surface area contributed by atoms with Gasteiger partial charge in [-0.05, 0) is 31.0 Å². The highest BCUT2D eigenvalue weighted by Crippen LogP contribution is 2.25. The SMILES string of the molecule is CCN(Cc1cccc(F)c1)S(=O)(=O)[C@@H]1CCO[C@H]1C. The van der Waals surface area contributed by atoms with Crippen LogP contribution in [0.1, 0.15) is 25.8 Å². The van der Waals surface area contributed by atoms with Gasteiger partial charge in [0, 0.05) is 19.7 Å². The van der Waals surface area contributed by atoms with Crippen molar-refractivity contribution in [2.24, 2.45) is 0 Å². The zero-order valence-corrected chi connectivity index (χ0v) is 12.6. The van der Waals surface area contributed by atoms with E-state index in [0.717, 1.165) is 0 Å². The van der Waals surface area contributed by atoms with E-state index in [9.17, 15) is 12.8 Å². The predicted molar refractivity (Wildman–Crippen MR) is 75.2 cm³/mol. The minimum atomic E-state index is -3.43. The molecule has 0 unspecified atom stereocenters. The first kappa shape index (κ1) is 15.4. The van der Waals surface area contributed by atoms with Crippen LogP contribution in [0.4, 0.5) is 4.39 Å². The van der Waals surface area contributed by atoms with Gasteiger partial charge < -0.3 is 4.74 Å². The van der Waals surface area contributed by atoms with E-state index in [1.807, 2.05) is 0 Å². The average Bonchev–Trinajstić information content (AvgIpc) is 2.83. The summed E-state index contributed by atoms with van der Waals surface area (Å²) in [6.07, 6.45) is 0.227. The van der Waals surface area contributed by atoms with Crippen LogP contribution >= 0.6 is 0 Å². The summed E-state index contributed by atoms with van der Waals surface area (Å²) < 4.78 is 45.2. The molecule has 0 amide bonds. The summed E-state index contributed by atoms with van der Waals surface area (Å²) in [7, 11) is -3.43. The first-order valence-corrected chi connectivity index (χ1v) is 8.30. The van der Waals surface area contributed by atoms with Crippen molar-refractivity contribution in [1.82, 2.24) is 4.31 Å². The molecule has 1 aliphatic heterocycles. The van der Waals surface area contributed by atoms with Gasteiger partial charge in [0.05, 0.1) is 6.10 Å². The second kappa shape index (κ2) is 6.20. The number of hydrogen-bond donors (Lipinski definition) is 0. The summed E-state index contributed by atoms with van der Waals surface area (Å²) in [5.41, 5.74) is 0.655. The molecule has 1 aromatic carbocycles. The van der Waals surface area contributed by atoms with Gasteiger partial charge in [0.2, 0.25) is 10.0 Å². The first-order chi connectivity index (χ1) is 9.45. The van der Waals surface area contributed by atoms with Gasteiger partial charge in [0.25, 0.3) is 0 Å². The van der Waals surface area contributed by atoms with Crippen LogP contribution in [0.25, 0.3) is 0 Å². The molecule has 0 aromatic heterocycles. The number of halogens is 1. The molecule has 1 aliphatic rings. The Balaban J connectivity index is 2.19. The van der Waals surface area contributed by atoms with E-state index in [-0.39, 0.29) is 18.5 Å². The van der Waals surface area contributed by atoms with Crippen molar-refractivity contribution >= 4 is 10.0 Å². The van der Waals surface area contributed by atoms with Gasteiger partial charge in [-0.15, -0.1) is 0 Å². The number of benzene rings is 1. The lowest BCUT2D eigenvalue weighted by molar-refractivity contribution is 0.125. The fourth-order valence-corrected chi connectivity index (χ4v) is 4.54. The Kier molecular flexibility index (Phi) is 4.78. The zero-order chi connectivity index (χ0) is 14.8. The molecule has 0 N–H and O–H groups in total. The van der Waals surface area contributed by atoms with Crippen LogP contribution in [0, 0.1) is 5.82 Å². The molecule has 2 rings (SSSR count). The lowest BCUT2D eigenvalue weighted by Crippen LogP contribution is -2.41. The van der Waals surface area contributed by atoms with E-state index in [1.54, 1.807) is 26.0 Å². The maximum atomic E-state index is 13.2. The molecule has 0 spiro atoms. The quantitative estimate of drug-likeness (QED) is 0.837. The molecule has 4 nitrogen and oxygen atoms in total. The van der Waals surface area contributed by atoms with Crippen LogP contribution in [0.5, 0.6) is 0 Å². The molecule has 1 saturated heterocycles. The van der Waals surface area contributed by atoms with Crippen LogP contribution in [0.3, 0.4) is 0 Å². The molecular weight excluding hydrogens is 281 g/mol. The number of nitrogens with zero attached hydrogens (tertiary/aromatic N) is 1. The molecule has 0 radical (unpaired) electrons. The Morgan fingerprint density at radius 2 is 2.20 bits per heavy atom. The van der Waals surface area contributed by atoms with Crippen molar-refractivity contribution < 1.29 is 17.5 Å². The number of rotatable bonds is 5. The largest absolute Gasteiger partial charge is 0.377 e. The molecule has 112 valence electrons. The van der Waals surface area contributed by atoms with Gasteiger partial charge in [-0.25, -0.2) is 12.8 Å². The summed E-state index contributed by atoms with van der Waals surface area (Å²) in [4.78, 5) is 0. The first-order valence-electron chi connectivity index (χ1n) is 6.80. The van der Waals surface area contributed by atoms with Crippen LogP contribution < -0.4 is 0 Å². The van der Waals surface area contributed by atoms with E-state index >= 15 is 0 Å². The van der Waals surface area contributed by atoms with Crippen LogP contribution in [-0.4, -0.2) is 37.2 Å². The molecule has 20 heavy (non-hydrogen) atoms. The Morgan fingerprint density at radius 3 is 2.75 bits per heavy atom. The molecule has 1 fully saturated rings. The van der Waals surface area contributed by atoms with Crippen molar-refractivity contribution in [3.05, 3.63) is 35.6 Å². The minimum absolute atomic E-state index is 0.194. The Hall–Kier alpha value is -0.980. The van der Waals surface area contributed by atoms with Gasteiger partial charge in [0.1, 0.15) is 11.1 Å². The van der Waals surface area contributed by atoms with Crippen LogP contribution in [0.15, 0.2) is 24.3 Å². The van der Waals surface area contributed by atoms with Gasteiger partial charge in [-0.1, -0.05) is 19.1 Å². The summed E-state index contributed by atoms with van der Waals surface area (Å²) in [6.45, 7) is 4.60. The summed E-state index contributed by atoms with van der Waals surface area (Å²) >= 11 is 0. The second-order valence-electron chi connectivity index (χ2n) is 5.00. The monoisotopic (exact) mass is 301 g/mol. The van der Waals surface area contributed by atoms with E-state index < -0.39 is 15.3 Å². The topological polar surface area (TPSA) is 46.6 Å².